The molecule has 0 fully saturated rings. The molecule has 1 nitrogen and oxygen atoms in total. The van der Waals surface area contributed by atoms with Crippen molar-refractivity contribution in [2.24, 2.45) is 0 Å². The predicted octanol–water partition coefficient (Wildman–Crippen LogP) is 17.5. The second kappa shape index (κ2) is 13.9. The van der Waals surface area contributed by atoms with Gasteiger partial charge >= 0.3 is 0 Å². The highest BCUT2D eigenvalue weighted by Crippen LogP contribution is 2.66. The van der Waals surface area contributed by atoms with Crippen LogP contribution in [0.4, 0.5) is 17.1 Å². The Morgan fingerprint density at radius 2 is 0.864 bits per heavy atom. The molecule has 10 aromatic carbocycles. The van der Waals surface area contributed by atoms with Crippen LogP contribution in [0.1, 0.15) is 47.2 Å². The van der Waals surface area contributed by atoms with Gasteiger partial charge in [0.2, 0.25) is 0 Å². The summed E-state index contributed by atoms with van der Waals surface area (Å²) in [4.78, 5) is 2.46. The van der Waals surface area contributed by atoms with Gasteiger partial charge in [0.15, 0.2) is 0 Å². The van der Waals surface area contributed by atoms with E-state index in [2.05, 4.69) is 243 Å². The Balaban J connectivity index is 1.00. The standard InChI is InChI=1S/C64H43NS/c1-63(2)55-26-10-6-20-47(55)50-35-34-45(39-58(50)63)65(43-32-30-41(31-33-43)40-16-4-3-5-17-40)44-19-14-18-42(38-44)46-24-15-25-52-48-21-7-11-27-56(48)64(60(46)52)57-28-12-8-22-49(57)53-36-37-54-51-23-9-13-29-59(51)66-62(54)61(53)64/h3-39H,1-2H3. The molecule has 0 bridgehead atoms. The Hall–Kier alpha value is -7.78. The van der Waals surface area contributed by atoms with E-state index >= 15 is 0 Å². The summed E-state index contributed by atoms with van der Waals surface area (Å²) < 4.78 is 2.71. The fourth-order valence-electron chi connectivity index (χ4n) is 12.2. The molecule has 0 saturated carbocycles. The van der Waals surface area contributed by atoms with Crippen LogP contribution in [0.25, 0.3) is 75.8 Å². The summed E-state index contributed by atoms with van der Waals surface area (Å²) in [6.07, 6.45) is 0. The van der Waals surface area contributed by atoms with Gasteiger partial charge in [-0.3, -0.25) is 0 Å². The summed E-state index contributed by atoms with van der Waals surface area (Å²) in [5.41, 5.74) is 23.8. The maximum absolute atomic E-state index is 2.46. The van der Waals surface area contributed by atoms with Crippen molar-refractivity contribution in [2.45, 2.75) is 24.7 Å². The van der Waals surface area contributed by atoms with E-state index in [0.717, 1.165) is 17.1 Å². The number of hydrogen-bond acceptors (Lipinski definition) is 2. The van der Waals surface area contributed by atoms with E-state index in [4.69, 9.17) is 0 Å². The van der Waals surface area contributed by atoms with Crippen LogP contribution in [-0.2, 0) is 10.8 Å². The van der Waals surface area contributed by atoms with Gasteiger partial charge in [0.05, 0.1) is 5.41 Å². The summed E-state index contributed by atoms with van der Waals surface area (Å²) in [7, 11) is 0. The van der Waals surface area contributed by atoms with Gasteiger partial charge in [0.25, 0.3) is 0 Å². The number of anilines is 3. The minimum absolute atomic E-state index is 0.131. The van der Waals surface area contributed by atoms with Crippen LogP contribution in [0.2, 0.25) is 0 Å². The highest BCUT2D eigenvalue weighted by molar-refractivity contribution is 7.26. The van der Waals surface area contributed by atoms with Crippen LogP contribution in [0.5, 0.6) is 0 Å². The molecule has 2 heteroatoms. The molecule has 310 valence electrons. The zero-order valence-electron chi connectivity index (χ0n) is 36.7. The van der Waals surface area contributed by atoms with Gasteiger partial charge in [-0.25, -0.2) is 0 Å². The minimum atomic E-state index is -0.516. The van der Waals surface area contributed by atoms with Gasteiger partial charge < -0.3 is 4.90 Å². The number of benzene rings is 10. The second-order valence-electron chi connectivity index (χ2n) is 18.7. The Kier molecular flexibility index (Phi) is 7.89. The van der Waals surface area contributed by atoms with Crippen LogP contribution in [0.15, 0.2) is 224 Å². The molecule has 0 radical (unpaired) electrons. The Labute approximate surface area is 389 Å². The molecule has 3 aliphatic carbocycles. The van der Waals surface area contributed by atoms with Crippen LogP contribution in [0.3, 0.4) is 0 Å². The molecule has 0 N–H and O–H groups in total. The average Bonchev–Trinajstić information content (AvgIpc) is 4.07. The zero-order valence-corrected chi connectivity index (χ0v) is 37.5. The molecule has 1 aromatic heterocycles. The lowest BCUT2D eigenvalue weighted by Crippen LogP contribution is -2.26. The summed E-state index contributed by atoms with van der Waals surface area (Å²) >= 11 is 1.95. The molecular formula is C64H43NS. The average molecular weight is 858 g/mol. The van der Waals surface area contributed by atoms with Crippen molar-refractivity contribution >= 4 is 48.6 Å². The third-order valence-corrected chi connectivity index (χ3v) is 16.3. The van der Waals surface area contributed by atoms with E-state index in [-0.39, 0.29) is 5.41 Å². The van der Waals surface area contributed by atoms with Gasteiger partial charge in [-0.05, 0) is 131 Å². The molecule has 1 heterocycles. The molecule has 0 aliphatic heterocycles. The second-order valence-corrected chi connectivity index (χ2v) is 19.8. The third kappa shape index (κ3) is 5.05. The maximum Gasteiger partial charge on any atom is 0.0745 e. The monoisotopic (exact) mass is 857 g/mol. The van der Waals surface area contributed by atoms with Gasteiger partial charge in [0, 0.05) is 42.6 Å². The quantitative estimate of drug-likeness (QED) is 0.167. The van der Waals surface area contributed by atoms with Crippen LogP contribution >= 0.6 is 11.3 Å². The number of thiophene rings is 1. The third-order valence-electron chi connectivity index (χ3n) is 15.1. The van der Waals surface area contributed by atoms with Crippen molar-refractivity contribution < 1.29 is 0 Å². The molecule has 1 unspecified atom stereocenters. The number of rotatable bonds is 5. The molecule has 0 amide bonds. The lowest BCUT2D eigenvalue weighted by Gasteiger charge is -2.33. The Morgan fingerprint density at radius 3 is 1.64 bits per heavy atom. The fraction of sp³-hybridized carbons (Fsp3) is 0.0625. The largest absolute Gasteiger partial charge is 0.310 e. The molecule has 14 rings (SSSR count). The molecule has 1 atom stereocenters. The molecule has 1 spiro atoms. The first-order valence-corrected chi connectivity index (χ1v) is 23.9. The molecule has 0 saturated heterocycles. The van der Waals surface area contributed by atoms with Gasteiger partial charge in [-0.1, -0.05) is 196 Å². The summed E-state index contributed by atoms with van der Waals surface area (Å²) in [6.45, 7) is 4.74. The van der Waals surface area contributed by atoms with Crippen LogP contribution in [0, 0.1) is 0 Å². The van der Waals surface area contributed by atoms with Crippen LogP contribution in [-0.4, -0.2) is 0 Å². The van der Waals surface area contributed by atoms with Crippen molar-refractivity contribution in [3.05, 3.63) is 258 Å². The van der Waals surface area contributed by atoms with E-state index in [1.165, 1.54) is 109 Å². The topological polar surface area (TPSA) is 3.24 Å². The van der Waals surface area contributed by atoms with Gasteiger partial charge in [-0.15, -0.1) is 11.3 Å². The maximum atomic E-state index is 2.46. The van der Waals surface area contributed by atoms with E-state index in [9.17, 15) is 0 Å². The van der Waals surface area contributed by atoms with E-state index in [0.29, 0.717) is 0 Å². The number of hydrogen-bond donors (Lipinski definition) is 0. The van der Waals surface area contributed by atoms with Crippen molar-refractivity contribution in [3.63, 3.8) is 0 Å². The first-order valence-electron chi connectivity index (χ1n) is 23.1. The number of nitrogens with zero attached hydrogens (tertiary/aromatic N) is 1. The SMILES string of the molecule is CC1(C)c2ccccc2-c2ccc(N(c3ccc(-c4ccccc4)cc3)c3cccc(-c4cccc5c4C4(c6ccccc6-5)c5ccccc5-c5ccc6c(sc7ccccc76)c54)c3)cc21. The Bertz CT molecular complexity index is 3780. The molecule has 11 aromatic rings. The minimum Gasteiger partial charge on any atom is -0.310 e. The van der Waals surface area contributed by atoms with Crippen molar-refractivity contribution in [1.29, 1.82) is 0 Å². The summed E-state index contributed by atoms with van der Waals surface area (Å²) in [5, 5.41) is 2.66. The zero-order chi connectivity index (χ0) is 43.7. The number of fused-ring (bicyclic) bond motifs is 17. The molecule has 3 aliphatic rings. The first kappa shape index (κ1) is 37.6. The van der Waals surface area contributed by atoms with E-state index < -0.39 is 5.41 Å². The fourth-order valence-corrected chi connectivity index (χ4v) is 13.5. The smallest absolute Gasteiger partial charge is 0.0745 e. The normalized spacial score (nSPS) is 15.6. The summed E-state index contributed by atoms with van der Waals surface area (Å²) in [6, 6.07) is 84.3. The van der Waals surface area contributed by atoms with Gasteiger partial charge in [0.1, 0.15) is 0 Å². The highest BCUT2D eigenvalue weighted by Gasteiger charge is 2.54. The molecule has 66 heavy (non-hydrogen) atoms. The van der Waals surface area contributed by atoms with Gasteiger partial charge in [-0.2, -0.15) is 0 Å². The lowest BCUT2D eigenvalue weighted by molar-refractivity contribution is 0.660. The predicted molar refractivity (Wildman–Crippen MR) is 279 cm³/mol. The first-order chi connectivity index (χ1) is 32.5. The van der Waals surface area contributed by atoms with Crippen molar-refractivity contribution in [1.82, 2.24) is 0 Å². The van der Waals surface area contributed by atoms with E-state index in [1.54, 1.807) is 0 Å². The lowest BCUT2D eigenvalue weighted by atomic mass is 9.68. The van der Waals surface area contributed by atoms with Crippen LogP contribution < -0.4 is 4.90 Å². The highest BCUT2D eigenvalue weighted by atomic mass is 32.1. The summed E-state index contributed by atoms with van der Waals surface area (Å²) in [5.74, 6) is 0. The van der Waals surface area contributed by atoms with Crippen molar-refractivity contribution in [3.8, 4) is 55.6 Å². The van der Waals surface area contributed by atoms with E-state index in [1.807, 2.05) is 11.3 Å². The van der Waals surface area contributed by atoms with Crippen molar-refractivity contribution in [2.75, 3.05) is 4.90 Å². The Morgan fingerprint density at radius 1 is 0.333 bits per heavy atom. The molecular weight excluding hydrogens is 815 g/mol.